The van der Waals surface area contributed by atoms with E-state index in [1.165, 1.54) is 0 Å². The molecule has 0 fully saturated rings. The lowest BCUT2D eigenvalue weighted by Crippen LogP contribution is -2.20. The van der Waals surface area contributed by atoms with E-state index in [9.17, 15) is 4.79 Å². The van der Waals surface area contributed by atoms with Gasteiger partial charge < -0.3 is 9.47 Å². The average Bonchev–Trinajstić information content (AvgIpc) is 2.46. The third-order valence-electron chi connectivity index (χ3n) is 3.04. The van der Waals surface area contributed by atoms with Gasteiger partial charge in [0.2, 0.25) is 0 Å². The van der Waals surface area contributed by atoms with Crippen molar-refractivity contribution in [3.05, 3.63) is 46.5 Å². The Morgan fingerprint density at radius 2 is 2.20 bits per heavy atom. The molecule has 1 heterocycles. The molecule has 0 radical (unpaired) electrons. The number of hydrogen-bond acceptors (Lipinski definition) is 4. The third-order valence-corrected chi connectivity index (χ3v) is 3.04. The van der Waals surface area contributed by atoms with Crippen LogP contribution in [0.2, 0.25) is 0 Å². The number of nitrogens with zero attached hydrogens (tertiary/aromatic N) is 2. The molecule has 1 aromatic heterocycles. The van der Waals surface area contributed by atoms with Gasteiger partial charge in [-0.2, -0.15) is 0 Å². The summed E-state index contributed by atoms with van der Waals surface area (Å²) in [5.41, 5.74) is 1.61. The zero-order valence-electron chi connectivity index (χ0n) is 11.9. The van der Waals surface area contributed by atoms with Crippen LogP contribution in [0.3, 0.4) is 0 Å². The fraction of sp³-hybridized carbons (Fsp3) is 0.333. The van der Waals surface area contributed by atoms with Crippen LogP contribution in [0, 0.1) is 0 Å². The molecule has 1 aromatic carbocycles. The summed E-state index contributed by atoms with van der Waals surface area (Å²) in [6.07, 6.45) is 3.51. The standard InChI is InChI=1S/C15H18N2O3/c1-11(9-19-2)7-8-17-10-16-12-5-4-6-13(20-3)14(12)15(17)18/h4-7,10H,8-9H2,1-3H3/b11-7+. The summed E-state index contributed by atoms with van der Waals surface area (Å²) in [6.45, 7) is 2.98. The van der Waals surface area contributed by atoms with Gasteiger partial charge >= 0.3 is 0 Å². The Morgan fingerprint density at radius 3 is 2.90 bits per heavy atom. The van der Waals surface area contributed by atoms with E-state index in [2.05, 4.69) is 4.98 Å². The maximum atomic E-state index is 12.5. The molecule has 0 unspecified atom stereocenters. The van der Waals surface area contributed by atoms with E-state index in [-0.39, 0.29) is 5.56 Å². The minimum Gasteiger partial charge on any atom is -0.496 e. The first-order valence-corrected chi connectivity index (χ1v) is 6.34. The zero-order chi connectivity index (χ0) is 14.5. The van der Waals surface area contributed by atoms with Crippen LogP contribution in [0.1, 0.15) is 6.92 Å². The summed E-state index contributed by atoms with van der Waals surface area (Å²) >= 11 is 0. The minimum atomic E-state index is -0.103. The normalized spacial score (nSPS) is 11.8. The van der Waals surface area contributed by atoms with Gasteiger partial charge in [0.05, 0.1) is 25.6 Å². The van der Waals surface area contributed by atoms with Crippen molar-refractivity contribution in [1.82, 2.24) is 9.55 Å². The summed E-state index contributed by atoms with van der Waals surface area (Å²) in [5, 5.41) is 0.510. The van der Waals surface area contributed by atoms with Gasteiger partial charge in [-0.15, -0.1) is 0 Å². The second-order valence-corrected chi connectivity index (χ2v) is 4.54. The maximum absolute atomic E-state index is 12.5. The third kappa shape index (κ3) is 2.88. The SMILES string of the molecule is COC/C(C)=C/Cn1cnc2cccc(OC)c2c1=O. The van der Waals surface area contributed by atoms with Gasteiger partial charge in [0, 0.05) is 13.7 Å². The van der Waals surface area contributed by atoms with E-state index < -0.39 is 0 Å². The van der Waals surface area contributed by atoms with Crippen LogP contribution in [-0.2, 0) is 11.3 Å². The molecule has 0 spiro atoms. The largest absolute Gasteiger partial charge is 0.496 e. The van der Waals surface area contributed by atoms with Crippen molar-refractivity contribution in [2.75, 3.05) is 20.8 Å². The van der Waals surface area contributed by atoms with Crippen molar-refractivity contribution in [3.63, 3.8) is 0 Å². The molecule has 2 rings (SSSR count). The highest BCUT2D eigenvalue weighted by Crippen LogP contribution is 2.19. The molecule has 5 nitrogen and oxygen atoms in total. The molecule has 0 N–H and O–H groups in total. The lowest BCUT2D eigenvalue weighted by Gasteiger charge is -2.07. The number of benzene rings is 1. The Balaban J connectivity index is 2.44. The van der Waals surface area contributed by atoms with E-state index in [4.69, 9.17) is 9.47 Å². The van der Waals surface area contributed by atoms with Crippen molar-refractivity contribution < 1.29 is 9.47 Å². The average molecular weight is 274 g/mol. The molecular formula is C15H18N2O3. The fourth-order valence-electron chi connectivity index (χ4n) is 2.01. The molecule has 0 atom stereocenters. The summed E-state index contributed by atoms with van der Waals surface area (Å²) in [6, 6.07) is 5.39. The van der Waals surface area contributed by atoms with Crippen LogP contribution in [0.5, 0.6) is 5.75 Å². The van der Waals surface area contributed by atoms with Crippen molar-refractivity contribution in [2.24, 2.45) is 0 Å². The van der Waals surface area contributed by atoms with Gasteiger partial charge in [-0.05, 0) is 19.1 Å². The van der Waals surface area contributed by atoms with Crippen molar-refractivity contribution in [2.45, 2.75) is 13.5 Å². The Labute approximate surface area is 117 Å². The summed E-state index contributed by atoms with van der Waals surface area (Å²) < 4.78 is 11.8. The van der Waals surface area contributed by atoms with Crippen LogP contribution >= 0.6 is 0 Å². The summed E-state index contributed by atoms with van der Waals surface area (Å²) in [5.74, 6) is 0.548. The van der Waals surface area contributed by atoms with Crippen molar-refractivity contribution >= 4 is 10.9 Å². The Bertz CT molecular complexity index is 689. The number of aromatic nitrogens is 2. The number of methoxy groups -OCH3 is 2. The molecule has 0 saturated carbocycles. The van der Waals surface area contributed by atoms with Gasteiger partial charge in [0.15, 0.2) is 0 Å². The monoisotopic (exact) mass is 274 g/mol. The topological polar surface area (TPSA) is 53.4 Å². The second kappa shape index (κ2) is 6.34. The van der Waals surface area contributed by atoms with Crippen LogP contribution in [0.25, 0.3) is 10.9 Å². The molecule has 106 valence electrons. The highest BCUT2D eigenvalue weighted by atomic mass is 16.5. The van der Waals surface area contributed by atoms with Gasteiger partial charge in [-0.1, -0.05) is 17.7 Å². The zero-order valence-corrected chi connectivity index (χ0v) is 11.9. The summed E-state index contributed by atoms with van der Waals surface area (Å²) in [7, 11) is 3.19. The molecule has 0 amide bonds. The van der Waals surface area contributed by atoms with Crippen molar-refractivity contribution in [1.29, 1.82) is 0 Å². The predicted molar refractivity (Wildman–Crippen MR) is 78.2 cm³/mol. The first-order valence-electron chi connectivity index (χ1n) is 6.34. The lowest BCUT2D eigenvalue weighted by molar-refractivity contribution is 0.225. The van der Waals surface area contributed by atoms with E-state index in [0.29, 0.717) is 29.8 Å². The lowest BCUT2D eigenvalue weighted by atomic mass is 10.2. The number of allylic oxidation sites excluding steroid dienone is 1. The number of hydrogen-bond donors (Lipinski definition) is 0. The molecule has 0 bridgehead atoms. The second-order valence-electron chi connectivity index (χ2n) is 4.54. The Morgan fingerprint density at radius 1 is 1.40 bits per heavy atom. The first kappa shape index (κ1) is 14.3. The van der Waals surface area contributed by atoms with E-state index in [0.717, 1.165) is 5.57 Å². The molecule has 0 aliphatic rings. The highest BCUT2D eigenvalue weighted by Gasteiger charge is 2.08. The summed E-state index contributed by atoms with van der Waals surface area (Å²) in [4.78, 5) is 16.8. The maximum Gasteiger partial charge on any atom is 0.265 e. The predicted octanol–water partition coefficient (Wildman–Crippen LogP) is 2.00. The quantitative estimate of drug-likeness (QED) is 0.782. The molecule has 20 heavy (non-hydrogen) atoms. The van der Waals surface area contributed by atoms with E-state index in [1.807, 2.05) is 19.1 Å². The molecule has 0 aliphatic carbocycles. The molecular weight excluding hydrogens is 256 g/mol. The molecule has 0 saturated heterocycles. The van der Waals surface area contributed by atoms with Gasteiger partial charge in [-0.25, -0.2) is 4.98 Å². The van der Waals surface area contributed by atoms with E-state index >= 15 is 0 Å². The number of rotatable bonds is 5. The first-order chi connectivity index (χ1) is 9.67. The molecule has 2 aromatic rings. The van der Waals surface area contributed by atoms with Crippen LogP contribution in [0.15, 0.2) is 41.0 Å². The Kier molecular flexibility index (Phi) is 4.53. The van der Waals surface area contributed by atoms with Gasteiger partial charge in [0.25, 0.3) is 5.56 Å². The molecule has 0 aliphatic heterocycles. The van der Waals surface area contributed by atoms with Crippen molar-refractivity contribution in [3.8, 4) is 5.75 Å². The van der Waals surface area contributed by atoms with Gasteiger partial charge in [-0.3, -0.25) is 9.36 Å². The van der Waals surface area contributed by atoms with Crippen LogP contribution in [-0.4, -0.2) is 30.4 Å². The fourth-order valence-corrected chi connectivity index (χ4v) is 2.01. The van der Waals surface area contributed by atoms with Crippen LogP contribution < -0.4 is 10.3 Å². The number of ether oxygens (including phenoxy) is 2. The highest BCUT2D eigenvalue weighted by molar-refractivity contribution is 5.83. The smallest absolute Gasteiger partial charge is 0.265 e. The van der Waals surface area contributed by atoms with Crippen LogP contribution in [0.4, 0.5) is 0 Å². The van der Waals surface area contributed by atoms with E-state index in [1.54, 1.807) is 37.2 Å². The number of fused-ring (bicyclic) bond motifs is 1. The minimum absolute atomic E-state index is 0.103. The van der Waals surface area contributed by atoms with Gasteiger partial charge in [0.1, 0.15) is 11.1 Å². The molecule has 5 heteroatoms. The Hall–Kier alpha value is -2.14.